The summed E-state index contributed by atoms with van der Waals surface area (Å²) in [5.74, 6) is 0.549. The molecule has 2 N–H and O–H groups in total. The number of nitrogens with one attached hydrogen (secondary N) is 2. The van der Waals surface area contributed by atoms with E-state index in [9.17, 15) is 18.0 Å². The number of halogens is 3. The van der Waals surface area contributed by atoms with Gasteiger partial charge in [0, 0.05) is 44.2 Å². The van der Waals surface area contributed by atoms with Gasteiger partial charge in [0.15, 0.2) is 11.7 Å². The van der Waals surface area contributed by atoms with Crippen molar-refractivity contribution >= 4 is 17.3 Å². The second kappa shape index (κ2) is 10.3. The van der Waals surface area contributed by atoms with Crippen molar-refractivity contribution in [1.82, 2.24) is 20.2 Å². The minimum Gasteiger partial charge on any atom is -0.356 e. The molecule has 10 heteroatoms. The van der Waals surface area contributed by atoms with Crippen LogP contribution in [0.1, 0.15) is 21.8 Å². The van der Waals surface area contributed by atoms with Gasteiger partial charge in [-0.1, -0.05) is 30.3 Å². The van der Waals surface area contributed by atoms with Crippen molar-refractivity contribution in [3.8, 4) is 0 Å². The number of hydrogen-bond donors (Lipinski definition) is 2. The molecule has 164 valence electrons. The molecule has 0 unspecified atom stereocenters. The zero-order valence-corrected chi connectivity index (χ0v) is 17.6. The van der Waals surface area contributed by atoms with Gasteiger partial charge in [0.05, 0.1) is 11.6 Å². The molecule has 6 nitrogen and oxygen atoms in total. The topological polar surface area (TPSA) is 71.3 Å². The number of nitrogens with zero attached hydrogens (tertiary/aromatic N) is 3. The van der Waals surface area contributed by atoms with E-state index in [1.165, 1.54) is 6.07 Å². The Kier molecular flexibility index (Phi) is 7.45. The Morgan fingerprint density at radius 2 is 1.87 bits per heavy atom. The molecule has 2 aromatic heterocycles. The van der Waals surface area contributed by atoms with Gasteiger partial charge in [0.2, 0.25) is 0 Å². The summed E-state index contributed by atoms with van der Waals surface area (Å²) in [4.78, 5) is 19.5. The molecule has 3 rings (SSSR count). The summed E-state index contributed by atoms with van der Waals surface area (Å²) < 4.78 is 39.4. The third-order valence-electron chi connectivity index (χ3n) is 4.43. The van der Waals surface area contributed by atoms with E-state index < -0.39 is 11.9 Å². The van der Waals surface area contributed by atoms with Crippen molar-refractivity contribution in [1.29, 1.82) is 0 Å². The van der Waals surface area contributed by atoms with Gasteiger partial charge in [-0.05, 0) is 17.2 Å². The number of rotatable bonds is 7. The Bertz CT molecular complexity index is 1070. The number of aliphatic imine (C=N–C) groups is 1. The third-order valence-corrected chi connectivity index (χ3v) is 5.34. The smallest absolute Gasteiger partial charge is 0.356 e. The van der Waals surface area contributed by atoms with Crippen molar-refractivity contribution in [2.24, 2.45) is 4.99 Å². The van der Waals surface area contributed by atoms with E-state index in [1.54, 1.807) is 23.9 Å². The highest BCUT2D eigenvalue weighted by Gasteiger charge is 2.33. The van der Waals surface area contributed by atoms with Crippen molar-refractivity contribution in [2.75, 3.05) is 13.6 Å². The Morgan fingerprint density at radius 3 is 2.52 bits per heavy atom. The number of alkyl halides is 3. The molecule has 0 aliphatic rings. The Morgan fingerprint density at radius 1 is 1.13 bits per heavy atom. The number of pyridine rings is 1. The molecule has 0 spiro atoms. The minimum absolute atomic E-state index is 0.0458. The van der Waals surface area contributed by atoms with Crippen LogP contribution in [0.25, 0.3) is 0 Å². The molecule has 0 saturated carbocycles. The summed E-state index contributed by atoms with van der Waals surface area (Å²) in [7, 11) is 1.63. The third kappa shape index (κ3) is 6.68. The molecule has 0 fully saturated rings. The number of hydrogen-bond acceptors (Lipinski definition) is 4. The fourth-order valence-corrected chi connectivity index (χ4v) is 3.61. The van der Waals surface area contributed by atoms with E-state index >= 15 is 0 Å². The van der Waals surface area contributed by atoms with Crippen LogP contribution in [0.3, 0.4) is 0 Å². The van der Waals surface area contributed by atoms with Crippen molar-refractivity contribution in [3.05, 3.63) is 86.2 Å². The van der Waals surface area contributed by atoms with Crippen LogP contribution < -0.4 is 16.2 Å². The molecule has 3 aromatic rings. The predicted octanol–water partition coefficient (Wildman–Crippen LogP) is 3.28. The summed E-state index contributed by atoms with van der Waals surface area (Å²) in [6, 6.07) is 12.9. The summed E-state index contributed by atoms with van der Waals surface area (Å²) >= 11 is 0.996. The molecule has 31 heavy (non-hydrogen) atoms. The average molecular weight is 450 g/mol. The van der Waals surface area contributed by atoms with Crippen LogP contribution in [-0.4, -0.2) is 29.1 Å². The van der Waals surface area contributed by atoms with Crippen LogP contribution in [-0.2, 0) is 25.7 Å². The normalized spacial score (nSPS) is 12.1. The minimum atomic E-state index is -4.41. The van der Waals surface area contributed by atoms with Crippen molar-refractivity contribution < 1.29 is 13.2 Å². The van der Waals surface area contributed by atoms with E-state index in [-0.39, 0.29) is 5.56 Å². The maximum Gasteiger partial charge on any atom is 0.434 e. The second-order valence-electron chi connectivity index (χ2n) is 6.71. The lowest BCUT2D eigenvalue weighted by atomic mass is 10.1. The monoisotopic (exact) mass is 449 g/mol. The van der Waals surface area contributed by atoms with Gasteiger partial charge in [-0.2, -0.15) is 13.2 Å². The molecule has 0 aliphatic carbocycles. The first-order valence-corrected chi connectivity index (χ1v) is 10.4. The van der Waals surface area contributed by atoms with Gasteiger partial charge in [0.1, 0.15) is 0 Å². The van der Waals surface area contributed by atoms with Crippen molar-refractivity contribution in [2.45, 2.75) is 25.7 Å². The van der Waals surface area contributed by atoms with E-state index in [0.29, 0.717) is 37.0 Å². The van der Waals surface area contributed by atoms with Crippen LogP contribution in [0.4, 0.5) is 13.2 Å². The van der Waals surface area contributed by atoms with Crippen LogP contribution in [0.5, 0.6) is 0 Å². The van der Waals surface area contributed by atoms with Crippen LogP contribution in [0, 0.1) is 0 Å². The number of benzene rings is 1. The number of guanidine groups is 1. The van der Waals surface area contributed by atoms with Crippen LogP contribution in [0.2, 0.25) is 0 Å². The Balaban J connectivity index is 1.45. The lowest BCUT2D eigenvalue weighted by molar-refractivity contribution is -0.140. The van der Waals surface area contributed by atoms with E-state index in [0.717, 1.165) is 27.8 Å². The lowest BCUT2D eigenvalue weighted by Crippen LogP contribution is -2.37. The molecule has 0 bridgehead atoms. The zero-order valence-electron chi connectivity index (χ0n) is 16.8. The highest BCUT2D eigenvalue weighted by Crippen LogP contribution is 2.29. The van der Waals surface area contributed by atoms with Crippen LogP contribution >= 0.6 is 11.3 Å². The first kappa shape index (κ1) is 22.5. The van der Waals surface area contributed by atoms with E-state index in [4.69, 9.17) is 0 Å². The standard InChI is InChI=1S/C21H22F3N5OS/c1-25-20(26-10-9-18-28-17(14-31-18)21(22,23)24)27-12-15-5-7-16(8-6-15)13-29-11-3-2-4-19(29)30/h2-8,11,14H,9-10,12-13H2,1H3,(H2,25,26,27). The lowest BCUT2D eigenvalue weighted by Gasteiger charge is -2.12. The first-order valence-electron chi connectivity index (χ1n) is 9.54. The molecule has 0 saturated heterocycles. The van der Waals surface area contributed by atoms with Crippen molar-refractivity contribution in [3.63, 3.8) is 0 Å². The summed E-state index contributed by atoms with van der Waals surface area (Å²) in [5, 5.41) is 7.69. The number of aromatic nitrogens is 2. The molecule has 0 radical (unpaired) electrons. The fraction of sp³-hybridized carbons (Fsp3) is 0.286. The van der Waals surface area contributed by atoms with Gasteiger partial charge >= 0.3 is 6.18 Å². The molecule has 2 heterocycles. The van der Waals surface area contributed by atoms with Crippen LogP contribution in [0.15, 0.2) is 63.8 Å². The quantitative estimate of drug-likeness (QED) is 0.429. The van der Waals surface area contributed by atoms with Gasteiger partial charge in [-0.15, -0.1) is 11.3 Å². The highest BCUT2D eigenvalue weighted by atomic mass is 32.1. The number of thiazole rings is 1. The van der Waals surface area contributed by atoms with Gasteiger partial charge in [-0.3, -0.25) is 9.79 Å². The Labute approximate surface area is 181 Å². The molecule has 0 amide bonds. The Hall–Kier alpha value is -3.14. The summed E-state index contributed by atoms with van der Waals surface area (Å²) in [6.45, 7) is 1.44. The molecular weight excluding hydrogens is 427 g/mol. The summed E-state index contributed by atoms with van der Waals surface area (Å²) in [6.07, 6.45) is -2.29. The fourth-order valence-electron chi connectivity index (χ4n) is 2.80. The highest BCUT2D eigenvalue weighted by molar-refractivity contribution is 7.09. The predicted molar refractivity (Wildman–Crippen MR) is 115 cm³/mol. The second-order valence-corrected chi connectivity index (χ2v) is 7.65. The maximum atomic E-state index is 12.6. The molecular formula is C21H22F3N5OS. The van der Waals surface area contributed by atoms with Gasteiger partial charge in [-0.25, -0.2) is 4.98 Å². The molecule has 0 aliphatic heterocycles. The largest absolute Gasteiger partial charge is 0.434 e. The molecule has 0 atom stereocenters. The maximum absolute atomic E-state index is 12.6. The molecule has 1 aromatic carbocycles. The zero-order chi connectivity index (χ0) is 22.3. The van der Waals surface area contributed by atoms with E-state index in [1.807, 2.05) is 30.3 Å². The SMILES string of the molecule is CN=C(NCCc1nc(C(F)(F)F)cs1)NCc1ccc(Cn2ccccc2=O)cc1. The van der Waals surface area contributed by atoms with Gasteiger partial charge < -0.3 is 15.2 Å². The first-order chi connectivity index (χ1) is 14.8. The summed E-state index contributed by atoms with van der Waals surface area (Å²) in [5.41, 5.74) is 1.15. The van der Waals surface area contributed by atoms with Gasteiger partial charge in [0.25, 0.3) is 5.56 Å². The average Bonchev–Trinajstić information content (AvgIpc) is 3.23. The van der Waals surface area contributed by atoms with E-state index in [2.05, 4.69) is 20.6 Å².